The van der Waals surface area contributed by atoms with Crippen LogP contribution in [-0.2, 0) is 4.79 Å². The lowest BCUT2D eigenvalue weighted by Gasteiger charge is -2.60. The highest BCUT2D eigenvalue weighted by Crippen LogP contribution is 2.67. The lowest BCUT2D eigenvalue weighted by Crippen LogP contribution is -2.61. The normalized spacial score (nSPS) is 54.9. The van der Waals surface area contributed by atoms with Crippen molar-refractivity contribution in [2.24, 2.45) is 28.6 Å². The predicted molar refractivity (Wildman–Crippen MR) is 91.7 cm³/mol. The minimum atomic E-state index is -1.73. The van der Waals surface area contributed by atoms with Crippen LogP contribution < -0.4 is 0 Å². The van der Waals surface area contributed by atoms with E-state index in [1.54, 1.807) is 0 Å². The van der Waals surface area contributed by atoms with Crippen LogP contribution in [0, 0.1) is 28.6 Å². The van der Waals surface area contributed by atoms with Gasteiger partial charge in [-0.25, -0.2) is 4.79 Å². The van der Waals surface area contributed by atoms with E-state index in [-0.39, 0.29) is 35.7 Å². The third-order valence-electron chi connectivity index (χ3n) is 8.53. The number of aliphatic hydroxyl groups is 3. The van der Waals surface area contributed by atoms with Gasteiger partial charge in [0, 0.05) is 5.41 Å². The molecule has 0 amide bonds. The highest BCUT2D eigenvalue weighted by atomic mass is 16.4. The standard InChI is InChI=1S/C20H30O5/c1-18-7-5-12(21)9-11(18)3-4-13-14-6-8-20(25,17(23)24)19(14,2)10-15(22)16(13)18/h9,12-16,21-22,25H,3-8,10H2,1-2H3,(H,23,24)/t12?,13?,14?,15?,16?,18?,19?,20-/m1/s1. The molecule has 5 heteroatoms. The molecule has 8 atom stereocenters. The van der Waals surface area contributed by atoms with Crippen LogP contribution in [0.5, 0.6) is 0 Å². The van der Waals surface area contributed by atoms with Gasteiger partial charge in [-0.2, -0.15) is 0 Å². The van der Waals surface area contributed by atoms with Gasteiger partial charge in [-0.15, -0.1) is 0 Å². The minimum Gasteiger partial charge on any atom is -0.479 e. The zero-order valence-corrected chi connectivity index (χ0v) is 15.1. The smallest absolute Gasteiger partial charge is 0.336 e. The first-order valence-electron chi connectivity index (χ1n) is 9.66. The summed E-state index contributed by atoms with van der Waals surface area (Å²) in [6, 6.07) is 0. The van der Waals surface area contributed by atoms with Crippen molar-refractivity contribution in [1.29, 1.82) is 0 Å². The number of hydrogen-bond donors (Lipinski definition) is 4. The van der Waals surface area contributed by atoms with Gasteiger partial charge in [0.2, 0.25) is 0 Å². The first-order valence-corrected chi connectivity index (χ1v) is 9.66. The van der Waals surface area contributed by atoms with Crippen molar-refractivity contribution in [1.82, 2.24) is 0 Å². The molecule has 0 heterocycles. The summed E-state index contributed by atoms with van der Waals surface area (Å²) in [7, 11) is 0. The largest absolute Gasteiger partial charge is 0.479 e. The van der Waals surface area contributed by atoms with Crippen LogP contribution in [0.25, 0.3) is 0 Å². The van der Waals surface area contributed by atoms with Gasteiger partial charge in [-0.1, -0.05) is 25.5 Å². The molecule has 3 saturated carbocycles. The summed E-state index contributed by atoms with van der Waals surface area (Å²) in [4.78, 5) is 11.8. The second-order valence-electron chi connectivity index (χ2n) is 9.44. The van der Waals surface area contributed by atoms with Gasteiger partial charge >= 0.3 is 5.97 Å². The van der Waals surface area contributed by atoms with E-state index in [2.05, 4.69) is 6.92 Å². The SMILES string of the molecule is CC12CCC(O)C=C1CCC1C2C(O)CC2(C)C1CC[C@@]2(O)C(=O)O. The van der Waals surface area contributed by atoms with Gasteiger partial charge in [-0.05, 0) is 68.1 Å². The number of fused-ring (bicyclic) bond motifs is 5. The maximum atomic E-state index is 11.8. The fourth-order valence-electron chi connectivity index (χ4n) is 7.19. The van der Waals surface area contributed by atoms with Crippen LogP contribution in [0.15, 0.2) is 11.6 Å². The van der Waals surface area contributed by atoms with Crippen molar-refractivity contribution in [3.8, 4) is 0 Å². The Hall–Kier alpha value is -0.910. The molecule has 3 fully saturated rings. The number of hydrogen-bond acceptors (Lipinski definition) is 4. The fraction of sp³-hybridized carbons (Fsp3) is 0.850. The maximum Gasteiger partial charge on any atom is 0.336 e. The molecule has 0 saturated heterocycles. The van der Waals surface area contributed by atoms with Gasteiger partial charge in [0.1, 0.15) is 0 Å². The van der Waals surface area contributed by atoms with Crippen molar-refractivity contribution >= 4 is 5.97 Å². The van der Waals surface area contributed by atoms with Crippen molar-refractivity contribution in [3.63, 3.8) is 0 Å². The summed E-state index contributed by atoms with van der Waals surface area (Å²) in [6.45, 7) is 4.09. The molecule has 0 radical (unpaired) electrons. The Morgan fingerprint density at radius 2 is 1.88 bits per heavy atom. The predicted octanol–water partition coefficient (Wildman–Crippen LogP) is 2.10. The summed E-state index contributed by atoms with van der Waals surface area (Å²) in [6.07, 6.45) is 5.72. The molecule has 0 aliphatic heterocycles. The molecule has 0 aromatic rings. The Morgan fingerprint density at radius 3 is 2.56 bits per heavy atom. The molecule has 5 nitrogen and oxygen atoms in total. The summed E-state index contributed by atoms with van der Waals surface area (Å²) in [5.41, 5.74) is -1.36. The van der Waals surface area contributed by atoms with Gasteiger partial charge in [0.05, 0.1) is 12.2 Å². The van der Waals surface area contributed by atoms with Crippen LogP contribution in [0.2, 0.25) is 0 Å². The number of aliphatic hydroxyl groups excluding tert-OH is 2. The van der Waals surface area contributed by atoms with Gasteiger partial charge in [0.25, 0.3) is 0 Å². The van der Waals surface area contributed by atoms with E-state index in [1.807, 2.05) is 13.0 Å². The van der Waals surface area contributed by atoms with E-state index in [4.69, 9.17) is 0 Å². The molecule has 4 aliphatic rings. The average molecular weight is 350 g/mol. The number of carbonyl (C=O) groups is 1. The van der Waals surface area contributed by atoms with Gasteiger partial charge in [0.15, 0.2) is 5.60 Å². The Balaban J connectivity index is 1.74. The number of carboxylic acid groups (broad SMARTS) is 1. The first kappa shape index (κ1) is 17.5. The molecule has 140 valence electrons. The highest BCUT2D eigenvalue weighted by molar-refractivity contribution is 5.79. The summed E-state index contributed by atoms with van der Waals surface area (Å²) >= 11 is 0. The quantitative estimate of drug-likeness (QED) is 0.543. The minimum absolute atomic E-state index is 0.0919. The lowest BCUT2D eigenvalue weighted by atomic mass is 9.45. The molecular weight excluding hydrogens is 320 g/mol. The molecule has 0 aromatic heterocycles. The Morgan fingerprint density at radius 1 is 1.16 bits per heavy atom. The van der Waals surface area contributed by atoms with Gasteiger partial charge < -0.3 is 20.4 Å². The van der Waals surface area contributed by atoms with Crippen molar-refractivity contribution < 1.29 is 25.2 Å². The van der Waals surface area contributed by atoms with Crippen molar-refractivity contribution in [3.05, 3.63) is 11.6 Å². The Bertz CT molecular complexity index is 630. The van der Waals surface area contributed by atoms with E-state index in [0.717, 1.165) is 25.7 Å². The first-order chi connectivity index (χ1) is 11.6. The topological polar surface area (TPSA) is 98.0 Å². The van der Waals surface area contributed by atoms with E-state index >= 15 is 0 Å². The molecule has 7 unspecified atom stereocenters. The Kier molecular flexibility index (Phi) is 3.71. The molecular formula is C20H30O5. The third-order valence-corrected chi connectivity index (χ3v) is 8.53. The summed E-state index contributed by atoms with van der Waals surface area (Å²) in [5, 5.41) is 41.7. The second kappa shape index (κ2) is 5.30. The molecule has 4 aliphatic carbocycles. The highest BCUT2D eigenvalue weighted by Gasteiger charge is 2.68. The molecule has 0 aromatic carbocycles. The summed E-state index contributed by atoms with van der Waals surface area (Å²) < 4.78 is 0. The lowest BCUT2D eigenvalue weighted by molar-refractivity contribution is -0.194. The zero-order valence-electron chi connectivity index (χ0n) is 15.1. The van der Waals surface area contributed by atoms with Crippen LogP contribution in [0.4, 0.5) is 0 Å². The van der Waals surface area contributed by atoms with Crippen LogP contribution in [-0.4, -0.2) is 44.2 Å². The van der Waals surface area contributed by atoms with E-state index in [9.17, 15) is 25.2 Å². The second-order valence-corrected chi connectivity index (χ2v) is 9.44. The summed E-state index contributed by atoms with van der Waals surface area (Å²) in [5.74, 6) is -0.687. The molecule has 0 bridgehead atoms. The van der Waals surface area contributed by atoms with Crippen LogP contribution in [0.1, 0.15) is 58.8 Å². The number of aliphatic carboxylic acids is 1. The third kappa shape index (κ3) is 2.09. The van der Waals surface area contributed by atoms with Crippen LogP contribution >= 0.6 is 0 Å². The molecule has 0 spiro atoms. The number of carboxylic acids is 1. The fourth-order valence-corrected chi connectivity index (χ4v) is 7.19. The molecule has 4 N–H and O–H groups in total. The van der Waals surface area contributed by atoms with Crippen LogP contribution in [0.3, 0.4) is 0 Å². The van der Waals surface area contributed by atoms with Gasteiger partial charge in [-0.3, -0.25) is 0 Å². The maximum absolute atomic E-state index is 11.8. The van der Waals surface area contributed by atoms with E-state index in [1.165, 1.54) is 5.57 Å². The van der Waals surface area contributed by atoms with E-state index < -0.39 is 23.1 Å². The number of rotatable bonds is 1. The molecule has 4 rings (SSSR count). The van der Waals surface area contributed by atoms with Crippen molar-refractivity contribution in [2.45, 2.75) is 76.6 Å². The Labute approximate surface area is 148 Å². The zero-order chi connectivity index (χ0) is 18.2. The number of allylic oxidation sites excluding steroid dienone is 1. The van der Waals surface area contributed by atoms with Crippen molar-refractivity contribution in [2.75, 3.05) is 0 Å². The molecule has 25 heavy (non-hydrogen) atoms. The van der Waals surface area contributed by atoms with E-state index in [0.29, 0.717) is 12.8 Å². The monoisotopic (exact) mass is 350 g/mol. The average Bonchev–Trinajstić information content (AvgIpc) is 2.80.